The van der Waals surface area contributed by atoms with Crippen LogP contribution in [0.5, 0.6) is 0 Å². The predicted octanol–water partition coefficient (Wildman–Crippen LogP) is 1.03. The lowest BCUT2D eigenvalue weighted by Gasteiger charge is -2.17. The summed E-state index contributed by atoms with van der Waals surface area (Å²) in [6.07, 6.45) is 0.902. The van der Waals surface area contributed by atoms with Gasteiger partial charge in [0.05, 0.1) is 11.7 Å². The average molecular weight is 252 g/mol. The molecule has 1 rings (SSSR count). The summed E-state index contributed by atoms with van der Waals surface area (Å²) in [5.41, 5.74) is 8.98. The molecule has 5 heteroatoms. The van der Waals surface area contributed by atoms with Crippen LogP contribution < -0.4 is 11.1 Å². The molecule has 2 atom stereocenters. The molecular formula is C13H24N4O. The number of carbonyl (C=O) groups excluding carboxylic acids is 1. The number of nitrogens with two attached hydrogens (primary N) is 1. The van der Waals surface area contributed by atoms with Gasteiger partial charge >= 0.3 is 0 Å². The van der Waals surface area contributed by atoms with Crippen molar-refractivity contribution in [3.63, 3.8) is 0 Å². The smallest absolute Gasteiger partial charge is 0.237 e. The Hall–Kier alpha value is -1.36. The van der Waals surface area contributed by atoms with Gasteiger partial charge in [-0.2, -0.15) is 5.10 Å². The molecule has 3 N–H and O–H groups in total. The van der Waals surface area contributed by atoms with Crippen LogP contribution >= 0.6 is 0 Å². The van der Waals surface area contributed by atoms with Gasteiger partial charge in [-0.25, -0.2) is 0 Å². The Bertz CT molecular complexity index is 425. The quantitative estimate of drug-likeness (QED) is 0.822. The molecular weight excluding hydrogens is 228 g/mol. The molecule has 0 saturated carbocycles. The minimum absolute atomic E-state index is 0.0907. The maximum absolute atomic E-state index is 11.9. The summed E-state index contributed by atoms with van der Waals surface area (Å²) in [6, 6.07) is -0.438. The van der Waals surface area contributed by atoms with Crippen molar-refractivity contribution in [3.05, 3.63) is 17.0 Å². The van der Waals surface area contributed by atoms with E-state index in [4.69, 9.17) is 5.73 Å². The van der Waals surface area contributed by atoms with Crippen molar-refractivity contribution in [1.82, 2.24) is 15.1 Å². The zero-order valence-corrected chi connectivity index (χ0v) is 11.9. The van der Waals surface area contributed by atoms with Crippen molar-refractivity contribution in [2.75, 3.05) is 0 Å². The molecule has 0 bridgehead atoms. The maximum Gasteiger partial charge on any atom is 0.237 e. The molecule has 5 nitrogen and oxygen atoms in total. The Labute approximate surface area is 109 Å². The molecule has 1 aromatic heterocycles. The second kappa shape index (κ2) is 6.00. The third kappa shape index (κ3) is 3.10. The van der Waals surface area contributed by atoms with Gasteiger partial charge in [-0.1, -0.05) is 20.3 Å². The van der Waals surface area contributed by atoms with Crippen molar-refractivity contribution in [3.8, 4) is 0 Å². The van der Waals surface area contributed by atoms with Gasteiger partial charge in [0, 0.05) is 24.8 Å². The van der Waals surface area contributed by atoms with Crippen LogP contribution in [0.25, 0.3) is 0 Å². The molecule has 0 aliphatic heterocycles. The van der Waals surface area contributed by atoms with E-state index in [0.717, 1.165) is 23.4 Å². The van der Waals surface area contributed by atoms with Gasteiger partial charge in [-0.3, -0.25) is 9.48 Å². The first-order chi connectivity index (χ1) is 8.38. The van der Waals surface area contributed by atoms with Crippen LogP contribution in [0, 0.1) is 19.8 Å². The summed E-state index contributed by atoms with van der Waals surface area (Å²) in [5, 5.41) is 7.21. The third-order valence-electron chi connectivity index (χ3n) is 3.66. The fourth-order valence-electron chi connectivity index (χ4n) is 1.88. The maximum atomic E-state index is 11.9. The topological polar surface area (TPSA) is 72.9 Å². The monoisotopic (exact) mass is 252 g/mol. The fourth-order valence-corrected chi connectivity index (χ4v) is 1.88. The number of hydrogen-bond donors (Lipinski definition) is 2. The van der Waals surface area contributed by atoms with Crippen LogP contribution in [-0.2, 0) is 18.4 Å². The molecule has 1 amide bonds. The predicted molar refractivity (Wildman–Crippen MR) is 72.0 cm³/mol. The van der Waals surface area contributed by atoms with Gasteiger partial charge in [0.25, 0.3) is 0 Å². The SMILES string of the molecule is CCC(C)C(N)C(=O)NCc1c(C)nn(C)c1C. The molecule has 0 saturated heterocycles. The van der Waals surface area contributed by atoms with E-state index in [1.165, 1.54) is 0 Å². The zero-order chi connectivity index (χ0) is 13.9. The Morgan fingerprint density at radius 2 is 2.11 bits per heavy atom. The molecule has 0 aromatic carbocycles. The second-order valence-corrected chi connectivity index (χ2v) is 4.90. The first kappa shape index (κ1) is 14.7. The Morgan fingerprint density at radius 1 is 1.50 bits per heavy atom. The summed E-state index contributed by atoms with van der Waals surface area (Å²) in [5.74, 6) is 0.105. The van der Waals surface area contributed by atoms with E-state index >= 15 is 0 Å². The molecule has 0 spiro atoms. The number of amides is 1. The first-order valence-corrected chi connectivity index (χ1v) is 6.40. The van der Waals surface area contributed by atoms with Crippen LogP contribution in [0.2, 0.25) is 0 Å². The highest BCUT2D eigenvalue weighted by Crippen LogP contribution is 2.12. The summed E-state index contributed by atoms with van der Waals surface area (Å²) in [7, 11) is 1.90. The first-order valence-electron chi connectivity index (χ1n) is 6.40. The standard InChI is InChI=1S/C13H24N4O/c1-6-8(2)12(14)13(18)15-7-11-9(3)16-17(5)10(11)4/h8,12H,6-7,14H2,1-5H3,(H,15,18). The molecule has 0 aliphatic rings. The van der Waals surface area contributed by atoms with Crippen LogP contribution in [0.3, 0.4) is 0 Å². The summed E-state index contributed by atoms with van der Waals surface area (Å²) in [6.45, 7) is 8.46. The molecule has 0 radical (unpaired) electrons. The zero-order valence-electron chi connectivity index (χ0n) is 11.9. The lowest BCUT2D eigenvalue weighted by Crippen LogP contribution is -2.44. The van der Waals surface area contributed by atoms with Crippen LogP contribution in [0.1, 0.15) is 37.2 Å². The highest BCUT2D eigenvalue weighted by atomic mass is 16.2. The molecule has 0 aliphatic carbocycles. The van der Waals surface area contributed by atoms with Gasteiger partial charge in [-0.05, 0) is 19.8 Å². The molecule has 0 fully saturated rings. The number of nitrogens with one attached hydrogen (secondary N) is 1. The lowest BCUT2D eigenvalue weighted by atomic mass is 9.99. The summed E-state index contributed by atoms with van der Waals surface area (Å²) < 4.78 is 1.82. The van der Waals surface area contributed by atoms with Crippen molar-refractivity contribution in [2.45, 2.75) is 46.7 Å². The van der Waals surface area contributed by atoms with Crippen molar-refractivity contribution >= 4 is 5.91 Å². The molecule has 1 heterocycles. The number of hydrogen-bond acceptors (Lipinski definition) is 3. The highest BCUT2D eigenvalue weighted by Gasteiger charge is 2.19. The van der Waals surface area contributed by atoms with E-state index in [9.17, 15) is 4.79 Å². The van der Waals surface area contributed by atoms with Gasteiger partial charge in [0.2, 0.25) is 5.91 Å². The third-order valence-corrected chi connectivity index (χ3v) is 3.66. The van der Waals surface area contributed by atoms with Crippen molar-refractivity contribution in [2.24, 2.45) is 18.7 Å². The number of carbonyl (C=O) groups is 1. The molecule has 102 valence electrons. The highest BCUT2D eigenvalue weighted by molar-refractivity contribution is 5.81. The number of nitrogens with zero attached hydrogens (tertiary/aromatic N) is 2. The summed E-state index contributed by atoms with van der Waals surface area (Å²) >= 11 is 0. The molecule has 2 unspecified atom stereocenters. The normalized spacial score (nSPS) is 14.3. The van der Waals surface area contributed by atoms with E-state index in [1.54, 1.807) is 0 Å². The molecule has 1 aromatic rings. The lowest BCUT2D eigenvalue weighted by molar-refractivity contribution is -0.123. The van der Waals surface area contributed by atoms with E-state index < -0.39 is 6.04 Å². The minimum atomic E-state index is -0.438. The Kier molecular flexibility index (Phi) is 4.90. The minimum Gasteiger partial charge on any atom is -0.351 e. The molecule has 18 heavy (non-hydrogen) atoms. The van der Waals surface area contributed by atoms with Crippen LogP contribution in [0.4, 0.5) is 0 Å². The van der Waals surface area contributed by atoms with Gasteiger partial charge in [-0.15, -0.1) is 0 Å². The van der Waals surface area contributed by atoms with Crippen molar-refractivity contribution < 1.29 is 4.79 Å². The Balaban J connectivity index is 2.63. The van der Waals surface area contributed by atoms with Gasteiger partial charge in [0.1, 0.15) is 0 Å². The van der Waals surface area contributed by atoms with E-state index in [1.807, 2.05) is 39.4 Å². The number of aromatic nitrogens is 2. The van der Waals surface area contributed by atoms with Gasteiger partial charge in [0.15, 0.2) is 0 Å². The average Bonchev–Trinajstić information content (AvgIpc) is 2.59. The summed E-state index contributed by atoms with van der Waals surface area (Å²) in [4.78, 5) is 11.9. The fraction of sp³-hybridized carbons (Fsp3) is 0.692. The van der Waals surface area contributed by atoms with Gasteiger partial charge < -0.3 is 11.1 Å². The largest absolute Gasteiger partial charge is 0.351 e. The van der Waals surface area contributed by atoms with Crippen LogP contribution in [0.15, 0.2) is 0 Å². The van der Waals surface area contributed by atoms with Crippen LogP contribution in [-0.4, -0.2) is 21.7 Å². The van der Waals surface area contributed by atoms with E-state index in [-0.39, 0.29) is 11.8 Å². The number of rotatable bonds is 5. The Morgan fingerprint density at radius 3 is 2.56 bits per heavy atom. The van der Waals surface area contributed by atoms with Crippen molar-refractivity contribution in [1.29, 1.82) is 0 Å². The van der Waals surface area contributed by atoms with E-state index in [2.05, 4.69) is 10.4 Å². The second-order valence-electron chi connectivity index (χ2n) is 4.90. The number of aryl methyl sites for hydroxylation is 2. The van der Waals surface area contributed by atoms with E-state index in [0.29, 0.717) is 6.54 Å².